The lowest BCUT2D eigenvalue weighted by Crippen LogP contribution is -2.41. The fraction of sp³-hybridized carbons (Fsp3) is 0.600. The van der Waals surface area contributed by atoms with Gasteiger partial charge in [0.1, 0.15) is 0 Å². The van der Waals surface area contributed by atoms with Crippen LogP contribution in [0.1, 0.15) is 37.7 Å². The SMILES string of the molecule is O=C1C[C@H](CCC(=O)N2CCC(CNS(=O)(=O)c3ccc(C(F)(F)F)cc3)CC2)CO1. The molecule has 1 aromatic rings. The molecule has 2 fully saturated rings. The zero-order valence-corrected chi connectivity index (χ0v) is 17.7. The van der Waals surface area contributed by atoms with E-state index in [1.165, 1.54) is 0 Å². The minimum Gasteiger partial charge on any atom is -0.465 e. The van der Waals surface area contributed by atoms with Crippen molar-refractivity contribution in [1.29, 1.82) is 0 Å². The van der Waals surface area contributed by atoms with Crippen LogP contribution in [0.2, 0.25) is 0 Å². The number of carbonyl (C=O) groups excluding carboxylic acids is 2. The minimum absolute atomic E-state index is 0.0168. The maximum Gasteiger partial charge on any atom is 0.416 e. The Morgan fingerprint density at radius 3 is 2.32 bits per heavy atom. The lowest BCUT2D eigenvalue weighted by molar-refractivity contribution is -0.138. The highest BCUT2D eigenvalue weighted by Gasteiger charge is 2.31. The van der Waals surface area contributed by atoms with Crippen molar-refractivity contribution in [3.63, 3.8) is 0 Å². The average Bonchev–Trinajstić information content (AvgIpc) is 3.15. The van der Waals surface area contributed by atoms with Gasteiger partial charge in [-0.25, -0.2) is 13.1 Å². The van der Waals surface area contributed by atoms with Crippen molar-refractivity contribution in [3.8, 4) is 0 Å². The Labute approximate surface area is 179 Å². The maximum atomic E-state index is 12.6. The summed E-state index contributed by atoms with van der Waals surface area (Å²) >= 11 is 0. The quantitative estimate of drug-likeness (QED) is 0.629. The van der Waals surface area contributed by atoms with Crippen LogP contribution in [0.3, 0.4) is 0 Å². The molecule has 1 N–H and O–H groups in total. The first kappa shape index (κ1) is 23.5. The smallest absolute Gasteiger partial charge is 0.416 e. The molecule has 7 nitrogen and oxygen atoms in total. The second-order valence-electron chi connectivity index (χ2n) is 7.99. The molecule has 0 aromatic heterocycles. The molecule has 3 rings (SSSR count). The summed E-state index contributed by atoms with van der Waals surface area (Å²) in [6, 6.07) is 3.36. The van der Waals surface area contributed by atoms with Gasteiger partial charge in [-0.15, -0.1) is 0 Å². The van der Waals surface area contributed by atoms with Gasteiger partial charge in [0.2, 0.25) is 15.9 Å². The number of nitrogens with zero attached hydrogens (tertiary/aromatic N) is 1. The summed E-state index contributed by atoms with van der Waals surface area (Å²) in [6.07, 6.45) is -1.94. The fourth-order valence-electron chi connectivity index (χ4n) is 3.76. The zero-order valence-electron chi connectivity index (χ0n) is 16.9. The molecular formula is C20H25F3N2O5S. The average molecular weight is 462 g/mol. The molecule has 1 amide bonds. The highest BCUT2D eigenvalue weighted by atomic mass is 32.2. The summed E-state index contributed by atoms with van der Waals surface area (Å²) in [4.78, 5) is 25.0. The molecule has 0 radical (unpaired) electrons. The number of rotatable bonds is 7. The number of esters is 1. The highest BCUT2D eigenvalue weighted by molar-refractivity contribution is 7.89. The van der Waals surface area contributed by atoms with Gasteiger partial charge in [-0.2, -0.15) is 13.2 Å². The lowest BCUT2D eigenvalue weighted by atomic mass is 9.96. The predicted octanol–water partition coefficient (Wildman–Crippen LogP) is 2.57. The molecule has 2 aliphatic heterocycles. The van der Waals surface area contributed by atoms with Crippen LogP contribution < -0.4 is 4.72 Å². The molecule has 0 bridgehead atoms. The van der Waals surface area contributed by atoms with E-state index in [1.807, 2.05) is 0 Å². The Morgan fingerprint density at radius 2 is 1.77 bits per heavy atom. The number of benzene rings is 1. The molecule has 172 valence electrons. The lowest BCUT2D eigenvalue weighted by Gasteiger charge is -2.32. The number of hydrogen-bond acceptors (Lipinski definition) is 5. The third kappa shape index (κ3) is 6.42. The number of amides is 1. The number of ether oxygens (including phenoxy) is 1. The summed E-state index contributed by atoms with van der Waals surface area (Å²) in [5.41, 5.74) is -0.907. The summed E-state index contributed by atoms with van der Waals surface area (Å²) in [5, 5.41) is 0. The van der Waals surface area contributed by atoms with Gasteiger partial charge in [0, 0.05) is 32.0 Å². The second kappa shape index (κ2) is 9.56. The van der Waals surface area contributed by atoms with Gasteiger partial charge in [0.25, 0.3) is 0 Å². The molecule has 2 heterocycles. The van der Waals surface area contributed by atoms with Gasteiger partial charge < -0.3 is 9.64 Å². The first-order valence-corrected chi connectivity index (χ1v) is 11.6. The van der Waals surface area contributed by atoms with Crippen LogP contribution in [0, 0.1) is 11.8 Å². The van der Waals surface area contributed by atoms with E-state index in [2.05, 4.69) is 4.72 Å². The van der Waals surface area contributed by atoms with E-state index in [0.717, 1.165) is 24.3 Å². The van der Waals surface area contributed by atoms with Crippen molar-refractivity contribution in [2.75, 3.05) is 26.2 Å². The molecule has 0 aliphatic carbocycles. The number of sulfonamides is 1. The first-order chi connectivity index (χ1) is 14.5. The topological polar surface area (TPSA) is 92.8 Å². The van der Waals surface area contributed by atoms with Crippen molar-refractivity contribution in [1.82, 2.24) is 9.62 Å². The van der Waals surface area contributed by atoms with Crippen LogP contribution in [-0.4, -0.2) is 51.4 Å². The van der Waals surface area contributed by atoms with Crippen molar-refractivity contribution in [2.45, 2.75) is 43.2 Å². The monoisotopic (exact) mass is 462 g/mol. The molecule has 0 saturated carbocycles. The van der Waals surface area contributed by atoms with Crippen molar-refractivity contribution in [2.24, 2.45) is 11.8 Å². The standard InChI is InChI=1S/C20H25F3N2O5S/c21-20(22,23)16-2-4-17(5-3-16)31(28,29)24-12-14-7-9-25(10-8-14)18(26)6-1-15-11-19(27)30-13-15/h2-5,14-15,24H,1,6-13H2/t15-/m0/s1. The van der Waals surface area contributed by atoms with Crippen LogP contribution in [-0.2, 0) is 30.5 Å². The molecule has 31 heavy (non-hydrogen) atoms. The fourth-order valence-corrected chi connectivity index (χ4v) is 4.87. The maximum absolute atomic E-state index is 12.6. The van der Waals surface area contributed by atoms with E-state index in [9.17, 15) is 31.2 Å². The van der Waals surface area contributed by atoms with Crippen molar-refractivity contribution < 1.29 is 35.9 Å². The van der Waals surface area contributed by atoms with Crippen molar-refractivity contribution >= 4 is 21.9 Å². The number of carbonyl (C=O) groups is 2. The van der Waals surface area contributed by atoms with Gasteiger partial charge >= 0.3 is 12.1 Å². The van der Waals surface area contributed by atoms with Gasteiger partial charge in [-0.3, -0.25) is 9.59 Å². The number of piperidine rings is 1. The number of likely N-dealkylation sites (tertiary alicyclic amines) is 1. The summed E-state index contributed by atoms with van der Waals surface area (Å²) < 4.78 is 69.9. The Hall–Kier alpha value is -2.14. The van der Waals surface area contributed by atoms with E-state index < -0.39 is 21.8 Å². The number of cyclic esters (lactones) is 1. The Kier molecular flexibility index (Phi) is 7.25. The van der Waals surface area contributed by atoms with Crippen molar-refractivity contribution in [3.05, 3.63) is 29.8 Å². The third-order valence-electron chi connectivity index (χ3n) is 5.72. The molecule has 11 heteroatoms. The largest absolute Gasteiger partial charge is 0.465 e. The third-order valence-corrected chi connectivity index (χ3v) is 7.16. The minimum atomic E-state index is -4.52. The summed E-state index contributed by atoms with van der Waals surface area (Å²) in [6.45, 7) is 1.57. The molecule has 0 unspecified atom stereocenters. The first-order valence-electron chi connectivity index (χ1n) is 10.1. The molecule has 2 saturated heterocycles. The van der Waals surface area contributed by atoms with Crippen LogP contribution in [0.15, 0.2) is 29.2 Å². The molecule has 2 aliphatic rings. The van der Waals surface area contributed by atoms with E-state index >= 15 is 0 Å². The van der Waals surface area contributed by atoms with Gasteiger partial charge in [0.15, 0.2) is 0 Å². The molecular weight excluding hydrogens is 437 g/mol. The molecule has 1 aromatic carbocycles. The Morgan fingerprint density at radius 1 is 1.13 bits per heavy atom. The second-order valence-corrected chi connectivity index (χ2v) is 9.76. The number of nitrogens with one attached hydrogen (secondary N) is 1. The zero-order chi connectivity index (χ0) is 22.6. The van der Waals surface area contributed by atoms with E-state index in [4.69, 9.17) is 4.74 Å². The van der Waals surface area contributed by atoms with Crippen LogP contribution in [0.25, 0.3) is 0 Å². The number of hydrogen-bond donors (Lipinski definition) is 1. The predicted molar refractivity (Wildman–Crippen MR) is 104 cm³/mol. The van der Waals surface area contributed by atoms with Gasteiger partial charge in [-0.1, -0.05) is 0 Å². The van der Waals surface area contributed by atoms with E-state index in [-0.39, 0.29) is 35.2 Å². The Balaban J connectivity index is 1.42. The van der Waals surface area contributed by atoms with Crippen LogP contribution in [0.4, 0.5) is 13.2 Å². The molecule has 0 spiro atoms. The highest BCUT2D eigenvalue weighted by Crippen LogP contribution is 2.29. The van der Waals surface area contributed by atoms with Gasteiger partial charge in [-0.05, 0) is 49.4 Å². The normalized spacial score (nSPS) is 20.7. The van der Waals surface area contributed by atoms with E-state index in [0.29, 0.717) is 51.8 Å². The number of halogens is 3. The summed E-state index contributed by atoms with van der Waals surface area (Å²) in [7, 11) is -3.91. The molecule has 1 atom stereocenters. The number of alkyl halides is 3. The Bertz CT molecular complexity index is 894. The van der Waals surface area contributed by atoms with Crippen LogP contribution >= 0.6 is 0 Å². The summed E-state index contributed by atoms with van der Waals surface area (Å²) in [5.74, 6) is -0.0807. The van der Waals surface area contributed by atoms with Gasteiger partial charge in [0.05, 0.1) is 23.5 Å². The van der Waals surface area contributed by atoms with Crippen LogP contribution in [0.5, 0.6) is 0 Å². The van der Waals surface area contributed by atoms with E-state index in [1.54, 1.807) is 4.90 Å².